The van der Waals surface area contributed by atoms with E-state index in [2.05, 4.69) is 39.3 Å². The second-order valence-corrected chi connectivity index (χ2v) is 8.85. The van der Waals surface area contributed by atoms with Crippen molar-refractivity contribution >= 4 is 41.3 Å². The maximum Gasteiger partial charge on any atom is 0.193 e. The van der Waals surface area contributed by atoms with Crippen molar-refractivity contribution < 1.29 is 0 Å². The normalized spacial score (nSPS) is 20.6. The molecule has 1 aromatic heterocycles. The van der Waals surface area contributed by atoms with Gasteiger partial charge in [-0.1, -0.05) is 13.8 Å². The van der Waals surface area contributed by atoms with E-state index in [0.717, 1.165) is 50.4 Å². The molecule has 0 bridgehead atoms. The van der Waals surface area contributed by atoms with Crippen LogP contribution in [-0.4, -0.2) is 60.5 Å². The molecule has 1 aromatic rings. The summed E-state index contributed by atoms with van der Waals surface area (Å²) in [6.45, 7) is 11.3. The van der Waals surface area contributed by atoms with Crippen LogP contribution in [0.25, 0.3) is 0 Å². The zero-order valence-corrected chi connectivity index (χ0v) is 20.3. The molecular weight excluding hydrogens is 469 g/mol. The summed E-state index contributed by atoms with van der Waals surface area (Å²) in [7, 11) is 1.92. The number of aromatic nitrogens is 1. The Morgan fingerprint density at radius 2 is 1.93 bits per heavy atom. The zero-order valence-electron chi connectivity index (χ0n) is 17.1. The molecule has 2 aliphatic heterocycles. The van der Waals surface area contributed by atoms with Crippen molar-refractivity contribution in [2.24, 2.45) is 16.8 Å². The van der Waals surface area contributed by atoms with E-state index in [1.54, 1.807) is 11.3 Å². The summed E-state index contributed by atoms with van der Waals surface area (Å²) in [4.78, 5) is 14.2. The van der Waals surface area contributed by atoms with Gasteiger partial charge in [0.1, 0.15) is 0 Å². The molecule has 3 rings (SSSR count). The van der Waals surface area contributed by atoms with Crippen molar-refractivity contribution in [1.82, 2.24) is 20.1 Å². The van der Waals surface area contributed by atoms with Crippen molar-refractivity contribution in [3.05, 3.63) is 16.1 Å². The molecule has 0 aliphatic carbocycles. The molecule has 27 heavy (non-hydrogen) atoms. The lowest BCUT2D eigenvalue weighted by molar-refractivity contribution is 0.175. The molecule has 154 valence electrons. The Kier molecular flexibility index (Phi) is 9.79. The number of piperidine rings is 2. The maximum absolute atomic E-state index is 4.71. The summed E-state index contributed by atoms with van der Waals surface area (Å²) in [5.74, 6) is 2.72. The number of likely N-dealkylation sites (tertiary alicyclic amines) is 2. The minimum atomic E-state index is 0. The van der Waals surface area contributed by atoms with Gasteiger partial charge in [-0.3, -0.25) is 9.89 Å². The van der Waals surface area contributed by atoms with Gasteiger partial charge in [-0.2, -0.15) is 0 Å². The predicted octanol–water partition coefficient (Wildman–Crippen LogP) is 3.84. The van der Waals surface area contributed by atoms with Crippen LogP contribution in [-0.2, 0) is 13.0 Å². The number of halogens is 1. The standard InChI is InChI=1S/C20H35N5S.HI/c1-4-19-23-18(15-26-19)14-24-9-7-17(8-10-24)13-22-20(21-3)25-11-5-16(2)6-12-25;/h15-17H,4-14H2,1-3H3,(H,21,22);1H. The van der Waals surface area contributed by atoms with Gasteiger partial charge in [0.2, 0.25) is 0 Å². The second-order valence-electron chi connectivity index (χ2n) is 7.90. The summed E-state index contributed by atoms with van der Waals surface area (Å²) in [6, 6.07) is 0. The number of nitrogens with one attached hydrogen (secondary N) is 1. The number of guanidine groups is 1. The first-order valence-corrected chi connectivity index (χ1v) is 11.2. The van der Waals surface area contributed by atoms with Crippen LogP contribution in [0.1, 0.15) is 50.2 Å². The van der Waals surface area contributed by atoms with Gasteiger partial charge < -0.3 is 10.2 Å². The summed E-state index contributed by atoms with van der Waals surface area (Å²) in [5.41, 5.74) is 1.25. The average molecular weight is 506 g/mol. The fraction of sp³-hybridized carbons (Fsp3) is 0.800. The zero-order chi connectivity index (χ0) is 18.4. The highest BCUT2D eigenvalue weighted by atomic mass is 127. The highest BCUT2D eigenvalue weighted by Crippen LogP contribution is 2.20. The number of rotatable bonds is 5. The molecule has 2 saturated heterocycles. The van der Waals surface area contributed by atoms with Gasteiger partial charge in [0.05, 0.1) is 10.7 Å². The summed E-state index contributed by atoms with van der Waals surface area (Å²) in [6.07, 6.45) is 6.16. The van der Waals surface area contributed by atoms with E-state index in [9.17, 15) is 0 Å². The van der Waals surface area contributed by atoms with Crippen LogP contribution in [0.5, 0.6) is 0 Å². The molecule has 5 nitrogen and oxygen atoms in total. The molecule has 0 atom stereocenters. The molecule has 0 unspecified atom stereocenters. The molecule has 0 aromatic carbocycles. The Morgan fingerprint density at radius 3 is 2.52 bits per heavy atom. The molecule has 0 amide bonds. The van der Waals surface area contributed by atoms with Crippen LogP contribution in [0.3, 0.4) is 0 Å². The van der Waals surface area contributed by atoms with Gasteiger partial charge >= 0.3 is 0 Å². The van der Waals surface area contributed by atoms with Crippen LogP contribution in [0.2, 0.25) is 0 Å². The Morgan fingerprint density at radius 1 is 1.22 bits per heavy atom. The molecule has 2 fully saturated rings. The van der Waals surface area contributed by atoms with Gasteiger partial charge in [0.25, 0.3) is 0 Å². The van der Waals surface area contributed by atoms with Crippen LogP contribution < -0.4 is 5.32 Å². The van der Waals surface area contributed by atoms with E-state index < -0.39 is 0 Å². The number of thiazole rings is 1. The monoisotopic (exact) mass is 505 g/mol. The third-order valence-electron chi connectivity index (χ3n) is 5.84. The van der Waals surface area contributed by atoms with E-state index in [1.807, 2.05) is 7.05 Å². The Balaban J connectivity index is 0.00000261. The summed E-state index contributed by atoms with van der Waals surface area (Å²) >= 11 is 1.80. The van der Waals surface area contributed by atoms with Crippen molar-refractivity contribution in [3.63, 3.8) is 0 Å². The summed E-state index contributed by atoms with van der Waals surface area (Å²) in [5, 5.41) is 7.14. The van der Waals surface area contributed by atoms with Crippen molar-refractivity contribution in [3.8, 4) is 0 Å². The first-order valence-electron chi connectivity index (χ1n) is 10.3. The first-order chi connectivity index (χ1) is 12.7. The highest BCUT2D eigenvalue weighted by Gasteiger charge is 2.22. The Labute approximate surface area is 186 Å². The SMILES string of the molecule is CCc1nc(CN2CCC(CNC(=NC)N3CCC(C)CC3)CC2)cs1.I. The third kappa shape index (κ3) is 6.85. The minimum Gasteiger partial charge on any atom is -0.356 e. The lowest BCUT2D eigenvalue weighted by atomic mass is 9.96. The molecule has 0 radical (unpaired) electrons. The number of aryl methyl sites for hydroxylation is 1. The lowest BCUT2D eigenvalue weighted by Gasteiger charge is -2.35. The maximum atomic E-state index is 4.71. The molecule has 0 spiro atoms. The molecule has 7 heteroatoms. The molecule has 2 aliphatic rings. The highest BCUT2D eigenvalue weighted by molar-refractivity contribution is 14.0. The van der Waals surface area contributed by atoms with Crippen LogP contribution >= 0.6 is 35.3 Å². The Hall–Kier alpha value is -0.410. The molecule has 0 saturated carbocycles. The van der Waals surface area contributed by atoms with Gasteiger partial charge in [-0.15, -0.1) is 35.3 Å². The molecule has 1 N–H and O–H groups in total. The fourth-order valence-electron chi connectivity index (χ4n) is 3.95. The van der Waals surface area contributed by atoms with E-state index in [0.29, 0.717) is 0 Å². The molecular formula is C20H36IN5S. The topological polar surface area (TPSA) is 43.8 Å². The van der Waals surface area contributed by atoms with Crippen LogP contribution in [0.4, 0.5) is 0 Å². The average Bonchev–Trinajstić information content (AvgIpc) is 3.12. The number of hydrogen-bond acceptors (Lipinski definition) is 4. The van der Waals surface area contributed by atoms with Crippen molar-refractivity contribution in [2.75, 3.05) is 39.8 Å². The number of hydrogen-bond donors (Lipinski definition) is 1. The lowest BCUT2D eigenvalue weighted by Crippen LogP contribution is -2.47. The van der Waals surface area contributed by atoms with Crippen molar-refractivity contribution in [2.45, 2.75) is 52.5 Å². The van der Waals surface area contributed by atoms with Crippen LogP contribution in [0, 0.1) is 11.8 Å². The van der Waals surface area contributed by atoms with Crippen molar-refractivity contribution in [1.29, 1.82) is 0 Å². The quantitative estimate of drug-likeness (QED) is 0.375. The number of aliphatic imine (C=N–C) groups is 1. The summed E-state index contributed by atoms with van der Waals surface area (Å²) < 4.78 is 0. The van der Waals surface area contributed by atoms with E-state index in [1.165, 1.54) is 49.5 Å². The minimum absolute atomic E-state index is 0. The fourth-order valence-corrected chi connectivity index (χ4v) is 4.69. The van der Waals surface area contributed by atoms with Gasteiger partial charge in [0, 0.05) is 38.6 Å². The van der Waals surface area contributed by atoms with Gasteiger partial charge in [-0.05, 0) is 57.0 Å². The second kappa shape index (κ2) is 11.6. The van der Waals surface area contributed by atoms with E-state index in [4.69, 9.17) is 4.98 Å². The van der Waals surface area contributed by atoms with Gasteiger partial charge in [0.15, 0.2) is 5.96 Å². The Bertz CT molecular complexity index is 575. The third-order valence-corrected chi connectivity index (χ3v) is 6.88. The van der Waals surface area contributed by atoms with Gasteiger partial charge in [-0.25, -0.2) is 4.98 Å². The largest absolute Gasteiger partial charge is 0.356 e. The smallest absolute Gasteiger partial charge is 0.193 e. The van der Waals surface area contributed by atoms with E-state index >= 15 is 0 Å². The number of nitrogens with zero attached hydrogens (tertiary/aromatic N) is 4. The molecule has 3 heterocycles. The van der Waals surface area contributed by atoms with E-state index in [-0.39, 0.29) is 24.0 Å². The predicted molar refractivity (Wildman–Crippen MR) is 126 cm³/mol. The first kappa shape index (κ1) is 22.9. The van der Waals surface area contributed by atoms with Crippen LogP contribution in [0.15, 0.2) is 10.4 Å².